The van der Waals surface area contributed by atoms with Crippen LogP contribution >= 0.6 is 35.3 Å². The third-order valence-corrected chi connectivity index (χ3v) is 7.32. The van der Waals surface area contributed by atoms with E-state index in [0.717, 1.165) is 45.1 Å². The fourth-order valence-electron chi connectivity index (χ4n) is 3.25. The van der Waals surface area contributed by atoms with E-state index < -0.39 is 9.84 Å². The minimum Gasteiger partial charge on any atom is -0.360 e. The molecule has 1 aromatic rings. The molecule has 0 bridgehead atoms. The van der Waals surface area contributed by atoms with Crippen LogP contribution in [-0.2, 0) is 9.84 Å². The summed E-state index contributed by atoms with van der Waals surface area (Å²) in [6.45, 7) is 7.35. The van der Waals surface area contributed by atoms with Gasteiger partial charge in [0.15, 0.2) is 15.8 Å². The summed E-state index contributed by atoms with van der Waals surface area (Å²) >= 11 is 1.78. The highest BCUT2D eigenvalue weighted by Crippen LogP contribution is 2.22. The number of anilines is 1. The molecule has 3 heterocycles. The highest BCUT2D eigenvalue weighted by molar-refractivity contribution is 14.0. The number of hydrogen-bond acceptors (Lipinski definition) is 5. The summed E-state index contributed by atoms with van der Waals surface area (Å²) in [7, 11) is -2.82. The first-order chi connectivity index (χ1) is 11.6. The Labute approximate surface area is 171 Å². The van der Waals surface area contributed by atoms with Crippen LogP contribution in [0.2, 0.25) is 0 Å². The van der Waals surface area contributed by atoms with Crippen molar-refractivity contribution in [3.05, 3.63) is 17.5 Å². The van der Waals surface area contributed by atoms with E-state index in [0.29, 0.717) is 18.1 Å². The number of rotatable bonds is 4. The number of thiophene rings is 1. The summed E-state index contributed by atoms with van der Waals surface area (Å²) < 4.78 is 23.2. The first-order valence-electron chi connectivity index (χ1n) is 8.59. The van der Waals surface area contributed by atoms with Gasteiger partial charge in [0.1, 0.15) is 0 Å². The first-order valence-corrected chi connectivity index (χ1v) is 11.3. The molecule has 9 heteroatoms. The van der Waals surface area contributed by atoms with E-state index in [1.165, 1.54) is 5.00 Å². The Balaban J connectivity index is 0.00000225. The van der Waals surface area contributed by atoms with Crippen LogP contribution in [0.1, 0.15) is 13.3 Å². The van der Waals surface area contributed by atoms with Crippen molar-refractivity contribution >= 4 is 56.1 Å². The molecule has 25 heavy (non-hydrogen) atoms. The van der Waals surface area contributed by atoms with E-state index in [4.69, 9.17) is 4.99 Å². The summed E-state index contributed by atoms with van der Waals surface area (Å²) in [6.07, 6.45) is 0.747. The second kappa shape index (κ2) is 9.40. The summed E-state index contributed by atoms with van der Waals surface area (Å²) in [4.78, 5) is 9.42. The third kappa shape index (κ3) is 5.72. The second-order valence-electron chi connectivity index (χ2n) is 6.39. The van der Waals surface area contributed by atoms with Crippen molar-refractivity contribution in [3.8, 4) is 0 Å². The van der Waals surface area contributed by atoms with Crippen molar-refractivity contribution in [1.29, 1.82) is 0 Å². The van der Waals surface area contributed by atoms with Gasteiger partial charge in [-0.15, -0.1) is 35.3 Å². The van der Waals surface area contributed by atoms with Gasteiger partial charge in [-0.2, -0.15) is 0 Å². The number of aliphatic imine (C=N–C) groups is 1. The van der Waals surface area contributed by atoms with E-state index in [-0.39, 0.29) is 29.9 Å². The highest BCUT2D eigenvalue weighted by Gasteiger charge is 2.28. The molecule has 2 aliphatic rings. The Hall–Kier alpha value is -0.550. The summed E-state index contributed by atoms with van der Waals surface area (Å²) in [5.74, 6) is 1.72. The van der Waals surface area contributed by atoms with Crippen LogP contribution in [0, 0.1) is 5.92 Å². The van der Waals surface area contributed by atoms with Crippen LogP contribution in [-0.4, -0.2) is 70.1 Å². The lowest BCUT2D eigenvalue weighted by atomic mass is 10.1. The number of nitrogens with one attached hydrogen (secondary N) is 1. The largest absolute Gasteiger partial charge is 0.360 e. The number of guanidine groups is 1. The van der Waals surface area contributed by atoms with Gasteiger partial charge < -0.3 is 15.1 Å². The molecule has 0 aliphatic carbocycles. The van der Waals surface area contributed by atoms with Gasteiger partial charge in [-0.1, -0.05) is 0 Å². The molecule has 0 spiro atoms. The van der Waals surface area contributed by atoms with Gasteiger partial charge >= 0.3 is 0 Å². The van der Waals surface area contributed by atoms with E-state index in [2.05, 4.69) is 39.6 Å². The zero-order valence-electron chi connectivity index (χ0n) is 14.6. The van der Waals surface area contributed by atoms with Crippen molar-refractivity contribution in [2.75, 3.05) is 55.7 Å². The van der Waals surface area contributed by atoms with Crippen molar-refractivity contribution in [3.63, 3.8) is 0 Å². The molecule has 2 fully saturated rings. The SMILES string of the molecule is CCNC(=NCC1CCS(=O)(=O)C1)N1CCN(c2cccs2)CC1.I. The smallest absolute Gasteiger partial charge is 0.194 e. The minimum absolute atomic E-state index is 0. The standard InChI is InChI=1S/C16H26N4O2S2.HI/c1-2-17-16(18-12-14-5-11-24(21,22)13-14)20-8-6-19(7-9-20)15-4-3-10-23-15;/h3-4,10,14H,2,5-9,11-13H2,1H3,(H,17,18);1H. The maximum atomic E-state index is 11.6. The number of piperazine rings is 1. The monoisotopic (exact) mass is 498 g/mol. The zero-order chi connectivity index (χ0) is 17.0. The molecule has 6 nitrogen and oxygen atoms in total. The Morgan fingerprint density at radius 3 is 2.68 bits per heavy atom. The molecule has 142 valence electrons. The van der Waals surface area contributed by atoms with Gasteiger partial charge in [0.05, 0.1) is 16.5 Å². The van der Waals surface area contributed by atoms with Gasteiger partial charge in [0, 0.05) is 39.3 Å². The van der Waals surface area contributed by atoms with Crippen LogP contribution < -0.4 is 10.2 Å². The van der Waals surface area contributed by atoms with Crippen molar-refractivity contribution < 1.29 is 8.42 Å². The topological polar surface area (TPSA) is 65.0 Å². The van der Waals surface area contributed by atoms with Crippen molar-refractivity contribution in [1.82, 2.24) is 10.2 Å². The second-order valence-corrected chi connectivity index (χ2v) is 9.54. The maximum absolute atomic E-state index is 11.6. The molecule has 1 atom stereocenters. The van der Waals surface area contributed by atoms with E-state index in [1.54, 1.807) is 11.3 Å². The van der Waals surface area contributed by atoms with Gasteiger partial charge in [-0.05, 0) is 36.8 Å². The summed E-state index contributed by atoms with van der Waals surface area (Å²) in [6, 6.07) is 4.26. The molecular formula is C16H27IN4O2S2. The van der Waals surface area contributed by atoms with Crippen molar-refractivity contribution in [2.24, 2.45) is 10.9 Å². The quantitative estimate of drug-likeness (QED) is 0.390. The number of sulfone groups is 1. The third-order valence-electron chi connectivity index (χ3n) is 4.56. The highest BCUT2D eigenvalue weighted by atomic mass is 127. The fraction of sp³-hybridized carbons (Fsp3) is 0.688. The number of halogens is 1. The lowest BCUT2D eigenvalue weighted by molar-refractivity contribution is 0.372. The predicted molar refractivity (Wildman–Crippen MR) is 116 cm³/mol. The molecule has 3 rings (SSSR count). The van der Waals surface area contributed by atoms with Crippen molar-refractivity contribution in [2.45, 2.75) is 13.3 Å². The Morgan fingerprint density at radius 2 is 2.12 bits per heavy atom. The predicted octanol–water partition coefficient (Wildman–Crippen LogP) is 1.89. The summed E-state index contributed by atoms with van der Waals surface area (Å²) in [5.41, 5.74) is 0. The van der Waals surface area contributed by atoms with E-state index in [1.807, 2.05) is 0 Å². The van der Waals surface area contributed by atoms with Gasteiger partial charge in [0.2, 0.25) is 0 Å². The van der Waals surface area contributed by atoms with E-state index >= 15 is 0 Å². The molecule has 1 N–H and O–H groups in total. The fourth-order valence-corrected chi connectivity index (χ4v) is 5.88. The molecular weight excluding hydrogens is 471 g/mol. The molecule has 0 amide bonds. The maximum Gasteiger partial charge on any atom is 0.194 e. The molecule has 2 aliphatic heterocycles. The minimum atomic E-state index is -2.82. The lowest BCUT2D eigenvalue weighted by Gasteiger charge is -2.37. The molecule has 1 aromatic heterocycles. The number of nitrogens with zero attached hydrogens (tertiary/aromatic N) is 3. The van der Waals surface area contributed by atoms with Gasteiger partial charge in [0.25, 0.3) is 0 Å². The van der Waals surface area contributed by atoms with Crippen LogP contribution in [0.4, 0.5) is 5.00 Å². The average Bonchev–Trinajstić information content (AvgIpc) is 3.21. The summed E-state index contributed by atoms with van der Waals surface area (Å²) in [5, 5.41) is 6.80. The molecule has 1 unspecified atom stereocenters. The number of hydrogen-bond donors (Lipinski definition) is 1. The molecule has 2 saturated heterocycles. The normalized spacial score (nSPS) is 23.4. The van der Waals surface area contributed by atoms with Crippen LogP contribution in [0.15, 0.2) is 22.5 Å². The average molecular weight is 498 g/mol. The van der Waals surface area contributed by atoms with Gasteiger partial charge in [-0.25, -0.2) is 8.42 Å². The van der Waals surface area contributed by atoms with Crippen LogP contribution in [0.5, 0.6) is 0 Å². The first kappa shape index (κ1) is 20.8. The Morgan fingerprint density at radius 1 is 1.36 bits per heavy atom. The molecule has 0 aromatic carbocycles. The zero-order valence-corrected chi connectivity index (χ0v) is 18.5. The Bertz CT molecular complexity index is 656. The van der Waals surface area contributed by atoms with Gasteiger partial charge in [-0.3, -0.25) is 4.99 Å². The Kier molecular flexibility index (Phi) is 7.81. The lowest BCUT2D eigenvalue weighted by Crippen LogP contribution is -2.52. The van der Waals surface area contributed by atoms with Crippen LogP contribution in [0.25, 0.3) is 0 Å². The van der Waals surface area contributed by atoms with Crippen LogP contribution in [0.3, 0.4) is 0 Å². The van der Waals surface area contributed by atoms with E-state index in [9.17, 15) is 8.42 Å². The molecule has 0 saturated carbocycles. The molecule has 0 radical (unpaired) electrons.